The van der Waals surface area contributed by atoms with Crippen LogP contribution in [0.15, 0.2) is 24.3 Å². The Bertz CT molecular complexity index is 386. The number of nitrogens with two attached hydrogens (primary N) is 1. The summed E-state index contributed by atoms with van der Waals surface area (Å²) < 4.78 is 0. The summed E-state index contributed by atoms with van der Waals surface area (Å²) in [7, 11) is 0. The number of carbonyl (C=O) groups excluding carboxylic acids is 1. The zero-order chi connectivity index (χ0) is 12.1. The van der Waals surface area contributed by atoms with E-state index in [1.165, 1.54) is 0 Å². The van der Waals surface area contributed by atoms with Crippen LogP contribution >= 0.6 is 0 Å². The summed E-state index contributed by atoms with van der Waals surface area (Å²) in [6, 6.07) is 7.80. The van der Waals surface area contributed by atoms with Gasteiger partial charge in [-0.15, -0.1) is 0 Å². The maximum atomic E-state index is 12.1. The van der Waals surface area contributed by atoms with Gasteiger partial charge in [0.25, 0.3) is 5.91 Å². The maximum absolute atomic E-state index is 12.1. The third kappa shape index (κ3) is 3.05. The fourth-order valence-electron chi connectivity index (χ4n) is 2.15. The third-order valence-electron chi connectivity index (χ3n) is 3.16. The molecule has 1 aliphatic rings. The minimum absolute atomic E-state index is 0.00190. The van der Waals surface area contributed by atoms with Gasteiger partial charge in [0.1, 0.15) is 0 Å². The molecule has 4 nitrogen and oxygen atoms in total. The first kappa shape index (κ1) is 12.1. The summed E-state index contributed by atoms with van der Waals surface area (Å²) in [5, 5.41) is 6.35. The van der Waals surface area contributed by atoms with Crippen molar-refractivity contribution in [1.29, 1.82) is 0 Å². The predicted octanol–water partition coefficient (Wildman–Crippen LogP) is 0.627. The topological polar surface area (TPSA) is 67.2 Å². The molecule has 1 amide bonds. The van der Waals surface area contributed by atoms with Gasteiger partial charge in [-0.1, -0.05) is 18.2 Å². The minimum Gasteiger partial charge on any atom is -0.349 e. The fourth-order valence-corrected chi connectivity index (χ4v) is 2.15. The van der Waals surface area contributed by atoms with Crippen LogP contribution in [-0.4, -0.2) is 25.0 Å². The van der Waals surface area contributed by atoms with E-state index in [1.54, 1.807) is 0 Å². The largest absolute Gasteiger partial charge is 0.349 e. The molecule has 0 atom stereocenters. The van der Waals surface area contributed by atoms with Crippen LogP contribution in [0.25, 0.3) is 0 Å². The molecule has 1 heterocycles. The highest BCUT2D eigenvalue weighted by atomic mass is 16.1. The van der Waals surface area contributed by atoms with Crippen LogP contribution in [0.4, 0.5) is 0 Å². The number of rotatable bonds is 3. The molecule has 1 aromatic carbocycles. The van der Waals surface area contributed by atoms with E-state index >= 15 is 0 Å². The zero-order valence-corrected chi connectivity index (χ0v) is 9.91. The lowest BCUT2D eigenvalue weighted by Crippen LogP contribution is -2.43. The number of hydrogen-bond donors (Lipinski definition) is 3. The van der Waals surface area contributed by atoms with E-state index in [-0.39, 0.29) is 11.9 Å². The SMILES string of the molecule is NCc1ccccc1C(=O)NC1CCNCC1. The Morgan fingerprint density at radius 2 is 2.06 bits per heavy atom. The van der Waals surface area contributed by atoms with E-state index in [0.717, 1.165) is 31.5 Å². The molecule has 0 bridgehead atoms. The molecule has 1 saturated heterocycles. The molecule has 4 heteroatoms. The average molecular weight is 233 g/mol. The van der Waals surface area contributed by atoms with Gasteiger partial charge in [-0.25, -0.2) is 0 Å². The van der Waals surface area contributed by atoms with Crippen molar-refractivity contribution in [2.75, 3.05) is 13.1 Å². The molecule has 1 aromatic rings. The van der Waals surface area contributed by atoms with Crippen molar-refractivity contribution in [1.82, 2.24) is 10.6 Å². The normalized spacial score (nSPS) is 16.8. The Hall–Kier alpha value is -1.39. The third-order valence-corrected chi connectivity index (χ3v) is 3.16. The van der Waals surface area contributed by atoms with Gasteiger partial charge in [-0.05, 0) is 37.6 Å². The van der Waals surface area contributed by atoms with Gasteiger partial charge in [0.2, 0.25) is 0 Å². The predicted molar refractivity (Wildman–Crippen MR) is 67.7 cm³/mol. The summed E-state index contributed by atoms with van der Waals surface area (Å²) in [5.74, 6) is -0.00190. The fraction of sp³-hybridized carbons (Fsp3) is 0.462. The van der Waals surface area contributed by atoms with Crippen LogP contribution in [-0.2, 0) is 6.54 Å². The Balaban J connectivity index is 2.03. The van der Waals surface area contributed by atoms with Crippen molar-refractivity contribution in [2.24, 2.45) is 5.73 Å². The Morgan fingerprint density at radius 3 is 2.76 bits per heavy atom. The van der Waals surface area contributed by atoms with E-state index in [4.69, 9.17) is 5.73 Å². The van der Waals surface area contributed by atoms with Gasteiger partial charge >= 0.3 is 0 Å². The molecule has 2 rings (SSSR count). The van der Waals surface area contributed by atoms with Crippen molar-refractivity contribution in [3.05, 3.63) is 35.4 Å². The molecular formula is C13H19N3O. The molecule has 0 saturated carbocycles. The van der Waals surface area contributed by atoms with E-state index < -0.39 is 0 Å². The van der Waals surface area contributed by atoms with Gasteiger partial charge in [-0.2, -0.15) is 0 Å². The van der Waals surface area contributed by atoms with Gasteiger partial charge in [0, 0.05) is 18.2 Å². The molecule has 1 fully saturated rings. The molecule has 1 aliphatic heterocycles. The van der Waals surface area contributed by atoms with Crippen LogP contribution < -0.4 is 16.4 Å². The molecule has 0 radical (unpaired) electrons. The van der Waals surface area contributed by atoms with E-state index in [0.29, 0.717) is 12.1 Å². The van der Waals surface area contributed by atoms with E-state index in [1.807, 2.05) is 24.3 Å². The highest BCUT2D eigenvalue weighted by Gasteiger charge is 2.17. The molecule has 0 aliphatic carbocycles. The number of benzene rings is 1. The van der Waals surface area contributed by atoms with Crippen LogP contribution in [0.3, 0.4) is 0 Å². The van der Waals surface area contributed by atoms with Crippen LogP contribution in [0, 0.1) is 0 Å². The standard InChI is InChI=1S/C13H19N3O/c14-9-10-3-1-2-4-12(10)13(17)16-11-5-7-15-8-6-11/h1-4,11,15H,5-9,14H2,(H,16,17). The number of amides is 1. The van der Waals surface area contributed by atoms with Crippen molar-refractivity contribution in [3.8, 4) is 0 Å². The first-order valence-electron chi connectivity index (χ1n) is 6.11. The Kier molecular flexibility index (Phi) is 4.12. The average Bonchev–Trinajstić information content (AvgIpc) is 2.40. The molecule has 0 aromatic heterocycles. The number of carbonyl (C=O) groups is 1. The lowest BCUT2D eigenvalue weighted by Gasteiger charge is -2.24. The first-order chi connectivity index (χ1) is 8.31. The molecule has 4 N–H and O–H groups in total. The molecular weight excluding hydrogens is 214 g/mol. The highest BCUT2D eigenvalue weighted by Crippen LogP contribution is 2.10. The molecule has 17 heavy (non-hydrogen) atoms. The number of piperidine rings is 1. The number of hydrogen-bond acceptors (Lipinski definition) is 3. The lowest BCUT2D eigenvalue weighted by molar-refractivity contribution is 0.0928. The summed E-state index contributed by atoms with van der Waals surface area (Å²) in [6.07, 6.45) is 1.99. The van der Waals surface area contributed by atoms with Gasteiger partial charge in [0.15, 0.2) is 0 Å². The van der Waals surface area contributed by atoms with E-state index in [9.17, 15) is 4.79 Å². The lowest BCUT2D eigenvalue weighted by atomic mass is 10.0. The van der Waals surface area contributed by atoms with Gasteiger partial charge in [0.05, 0.1) is 0 Å². The molecule has 0 unspecified atom stereocenters. The second-order valence-corrected chi connectivity index (χ2v) is 4.36. The summed E-state index contributed by atoms with van der Waals surface area (Å²) in [6.45, 7) is 2.35. The number of nitrogens with one attached hydrogen (secondary N) is 2. The van der Waals surface area contributed by atoms with Crippen LogP contribution in [0.2, 0.25) is 0 Å². The van der Waals surface area contributed by atoms with Gasteiger partial charge in [-0.3, -0.25) is 4.79 Å². The first-order valence-corrected chi connectivity index (χ1v) is 6.11. The van der Waals surface area contributed by atoms with Crippen molar-refractivity contribution >= 4 is 5.91 Å². The summed E-state index contributed by atoms with van der Waals surface area (Å²) in [5.41, 5.74) is 7.24. The smallest absolute Gasteiger partial charge is 0.251 e. The van der Waals surface area contributed by atoms with Crippen LogP contribution in [0.1, 0.15) is 28.8 Å². The molecule has 0 spiro atoms. The van der Waals surface area contributed by atoms with Gasteiger partial charge < -0.3 is 16.4 Å². The van der Waals surface area contributed by atoms with Crippen molar-refractivity contribution in [2.45, 2.75) is 25.4 Å². The zero-order valence-electron chi connectivity index (χ0n) is 9.91. The second kappa shape index (κ2) is 5.80. The monoisotopic (exact) mass is 233 g/mol. The molecule has 92 valence electrons. The highest BCUT2D eigenvalue weighted by molar-refractivity contribution is 5.95. The minimum atomic E-state index is -0.00190. The van der Waals surface area contributed by atoms with Crippen LogP contribution in [0.5, 0.6) is 0 Å². The van der Waals surface area contributed by atoms with Crippen molar-refractivity contribution in [3.63, 3.8) is 0 Å². The summed E-state index contributed by atoms with van der Waals surface area (Å²) >= 11 is 0. The maximum Gasteiger partial charge on any atom is 0.251 e. The van der Waals surface area contributed by atoms with E-state index in [2.05, 4.69) is 10.6 Å². The Labute approximate surface area is 102 Å². The quantitative estimate of drug-likeness (QED) is 0.717. The van der Waals surface area contributed by atoms with Crippen molar-refractivity contribution < 1.29 is 4.79 Å². The Morgan fingerprint density at radius 1 is 1.35 bits per heavy atom. The summed E-state index contributed by atoms with van der Waals surface area (Å²) in [4.78, 5) is 12.1. The second-order valence-electron chi connectivity index (χ2n) is 4.36.